The second-order valence-corrected chi connectivity index (χ2v) is 5.38. The Hall–Kier alpha value is -1.99. The molecule has 4 heteroatoms. The Balaban J connectivity index is 2.25. The number of hydrogen-bond donors (Lipinski definition) is 0. The summed E-state index contributed by atoms with van der Waals surface area (Å²) in [6.45, 7) is 1.96. The summed E-state index contributed by atoms with van der Waals surface area (Å²) in [5.74, 6) is 0.320. The van der Waals surface area contributed by atoms with Gasteiger partial charge in [0, 0.05) is 16.7 Å². The van der Waals surface area contributed by atoms with E-state index in [1.54, 1.807) is 18.3 Å². The van der Waals surface area contributed by atoms with E-state index in [-0.39, 0.29) is 0 Å². The van der Waals surface area contributed by atoms with Gasteiger partial charge in [-0.3, -0.25) is 4.21 Å². The molecule has 0 bridgehead atoms. The molecule has 0 spiro atoms. The van der Waals surface area contributed by atoms with Gasteiger partial charge in [-0.25, -0.2) is 4.98 Å². The van der Waals surface area contributed by atoms with Gasteiger partial charge in [0.2, 0.25) is 0 Å². The fourth-order valence-corrected chi connectivity index (χ4v) is 2.87. The largest absolute Gasteiger partial charge is 0.254 e. The van der Waals surface area contributed by atoms with E-state index in [1.165, 1.54) is 0 Å². The smallest absolute Gasteiger partial charge is 0.144 e. The SMILES string of the molecule is Cc1cccc(S(=O)Cc2cccnc2C#N)c1. The van der Waals surface area contributed by atoms with Crippen LogP contribution in [0.25, 0.3) is 0 Å². The molecule has 0 saturated carbocycles. The highest BCUT2D eigenvalue weighted by Gasteiger charge is 2.09. The van der Waals surface area contributed by atoms with Crippen molar-refractivity contribution in [1.29, 1.82) is 5.26 Å². The van der Waals surface area contributed by atoms with Crippen LogP contribution in [-0.2, 0) is 16.6 Å². The molecule has 0 amide bonds. The monoisotopic (exact) mass is 256 g/mol. The van der Waals surface area contributed by atoms with Crippen LogP contribution in [0.1, 0.15) is 16.8 Å². The highest BCUT2D eigenvalue weighted by Crippen LogP contribution is 2.15. The van der Waals surface area contributed by atoms with E-state index in [1.807, 2.05) is 37.3 Å². The van der Waals surface area contributed by atoms with Crippen molar-refractivity contribution < 1.29 is 4.21 Å². The van der Waals surface area contributed by atoms with Crippen LogP contribution in [-0.4, -0.2) is 9.19 Å². The number of nitriles is 1. The summed E-state index contributed by atoms with van der Waals surface area (Å²) in [6, 6.07) is 13.2. The van der Waals surface area contributed by atoms with Crippen LogP contribution in [0.3, 0.4) is 0 Å². The Morgan fingerprint density at radius 2 is 2.17 bits per heavy atom. The van der Waals surface area contributed by atoms with E-state index in [0.29, 0.717) is 11.4 Å². The average molecular weight is 256 g/mol. The maximum absolute atomic E-state index is 12.2. The zero-order valence-electron chi connectivity index (χ0n) is 9.96. The molecule has 90 valence electrons. The molecule has 2 aromatic rings. The third-order valence-corrected chi connectivity index (χ3v) is 3.89. The first-order chi connectivity index (χ1) is 8.70. The molecule has 1 atom stereocenters. The number of benzene rings is 1. The van der Waals surface area contributed by atoms with Gasteiger partial charge < -0.3 is 0 Å². The summed E-state index contributed by atoms with van der Waals surface area (Å²) in [6.07, 6.45) is 1.57. The van der Waals surface area contributed by atoms with E-state index in [2.05, 4.69) is 4.98 Å². The summed E-state index contributed by atoms with van der Waals surface area (Å²) < 4.78 is 12.2. The number of hydrogen-bond acceptors (Lipinski definition) is 3. The number of aromatic nitrogens is 1. The zero-order valence-corrected chi connectivity index (χ0v) is 10.8. The number of nitrogens with zero attached hydrogens (tertiary/aromatic N) is 2. The molecule has 1 heterocycles. The minimum absolute atomic E-state index is 0.320. The first-order valence-corrected chi connectivity index (χ1v) is 6.81. The third-order valence-electron chi connectivity index (χ3n) is 2.54. The van der Waals surface area contributed by atoms with Gasteiger partial charge in [0.1, 0.15) is 11.8 Å². The molecule has 0 fully saturated rings. The molecule has 1 aromatic carbocycles. The zero-order chi connectivity index (χ0) is 13.0. The van der Waals surface area contributed by atoms with Gasteiger partial charge in [-0.2, -0.15) is 5.26 Å². The molecule has 0 aliphatic rings. The Bertz CT molecular complexity index is 632. The second kappa shape index (κ2) is 5.56. The van der Waals surface area contributed by atoms with Crippen molar-refractivity contribution in [2.75, 3.05) is 0 Å². The molecule has 3 nitrogen and oxygen atoms in total. The molecule has 18 heavy (non-hydrogen) atoms. The van der Waals surface area contributed by atoms with E-state index in [0.717, 1.165) is 16.0 Å². The Morgan fingerprint density at radius 3 is 2.89 bits per heavy atom. The normalized spacial score (nSPS) is 11.8. The maximum atomic E-state index is 12.2. The molecule has 1 aromatic heterocycles. The summed E-state index contributed by atoms with van der Waals surface area (Å²) in [4.78, 5) is 4.75. The predicted octanol–water partition coefficient (Wildman–Crippen LogP) is 2.57. The summed E-state index contributed by atoms with van der Waals surface area (Å²) in [5, 5.41) is 8.93. The minimum atomic E-state index is -1.15. The van der Waals surface area contributed by atoms with Gasteiger partial charge in [-0.05, 0) is 30.7 Å². The topological polar surface area (TPSA) is 53.8 Å². The maximum Gasteiger partial charge on any atom is 0.144 e. The van der Waals surface area contributed by atoms with Crippen molar-refractivity contribution >= 4 is 10.8 Å². The van der Waals surface area contributed by atoms with Crippen molar-refractivity contribution in [3.05, 3.63) is 59.4 Å². The van der Waals surface area contributed by atoms with Crippen LogP contribution in [0.4, 0.5) is 0 Å². The molecule has 0 saturated heterocycles. The lowest BCUT2D eigenvalue weighted by molar-refractivity contribution is 0.682. The first kappa shape index (κ1) is 12.5. The van der Waals surface area contributed by atoms with Crippen LogP contribution in [0.5, 0.6) is 0 Å². The molecule has 1 unspecified atom stereocenters. The van der Waals surface area contributed by atoms with Gasteiger partial charge in [0.15, 0.2) is 0 Å². The van der Waals surface area contributed by atoms with Crippen molar-refractivity contribution in [2.45, 2.75) is 17.6 Å². The predicted molar refractivity (Wildman–Crippen MR) is 70.2 cm³/mol. The lowest BCUT2D eigenvalue weighted by Gasteiger charge is -2.04. The molecule has 0 radical (unpaired) electrons. The fourth-order valence-electron chi connectivity index (χ4n) is 1.64. The average Bonchev–Trinajstić information content (AvgIpc) is 2.39. The number of pyridine rings is 1. The Labute approximate surface area is 109 Å². The van der Waals surface area contributed by atoms with Crippen LogP contribution in [0.15, 0.2) is 47.5 Å². The van der Waals surface area contributed by atoms with Gasteiger partial charge in [-0.1, -0.05) is 18.2 Å². The highest BCUT2D eigenvalue weighted by molar-refractivity contribution is 7.84. The van der Waals surface area contributed by atoms with Crippen LogP contribution in [0.2, 0.25) is 0 Å². The Kier molecular flexibility index (Phi) is 3.85. The minimum Gasteiger partial charge on any atom is -0.254 e. The van der Waals surface area contributed by atoms with Crippen LogP contribution >= 0.6 is 0 Å². The first-order valence-electron chi connectivity index (χ1n) is 5.50. The number of rotatable bonds is 3. The quantitative estimate of drug-likeness (QED) is 0.848. The lowest BCUT2D eigenvalue weighted by Crippen LogP contribution is -2.00. The summed E-state index contributed by atoms with van der Waals surface area (Å²) >= 11 is 0. The van der Waals surface area contributed by atoms with Gasteiger partial charge in [-0.15, -0.1) is 0 Å². The summed E-state index contributed by atoms with van der Waals surface area (Å²) in [5.41, 5.74) is 2.14. The van der Waals surface area contributed by atoms with E-state index in [4.69, 9.17) is 5.26 Å². The highest BCUT2D eigenvalue weighted by atomic mass is 32.2. The molecular weight excluding hydrogens is 244 g/mol. The van der Waals surface area contributed by atoms with E-state index < -0.39 is 10.8 Å². The van der Waals surface area contributed by atoms with Gasteiger partial charge >= 0.3 is 0 Å². The lowest BCUT2D eigenvalue weighted by atomic mass is 10.2. The van der Waals surface area contributed by atoms with E-state index in [9.17, 15) is 4.21 Å². The van der Waals surface area contributed by atoms with Crippen molar-refractivity contribution in [3.8, 4) is 6.07 Å². The third kappa shape index (κ3) is 2.82. The Morgan fingerprint density at radius 1 is 1.33 bits per heavy atom. The van der Waals surface area contributed by atoms with E-state index >= 15 is 0 Å². The van der Waals surface area contributed by atoms with Crippen molar-refractivity contribution in [3.63, 3.8) is 0 Å². The summed E-state index contributed by atoms with van der Waals surface area (Å²) in [7, 11) is -1.15. The molecule has 0 aliphatic carbocycles. The fraction of sp³-hybridized carbons (Fsp3) is 0.143. The van der Waals surface area contributed by atoms with Crippen LogP contribution in [0, 0.1) is 18.3 Å². The molecular formula is C14H12N2OS. The molecule has 0 aliphatic heterocycles. The van der Waals surface area contributed by atoms with Gasteiger partial charge in [0.05, 0.1) is 16.6 Å². The van der Waals surface area contributed by atoms with Crippen molar-refractivity contribution in [1.82, 2.24) is 4.98 Å². The van der Waals surface area contributed by atoms with Crippen LogP contribution < -0.4 is 0 Å². The standard InChI is InChI=1S/C14H12N2OS/c1-11-4-2-6-13(8-11)18(17)10-12-5-3-7-16-14(12)9-15/h2-8H,10H2,1H3. The molecule has 0 N–H and O–H groups in total. The number of aryl methyl sites for hydroxylation is 1. The van der Waals surface area contributed by atoms with Gasteiger partial charge in [0.25, 0.3) is 0 Å². The van der Waals surface area contributed by atoms with Crippen molar-refractivity contribution in [2.24, 2.45) is 0 Å². The second-order valence-electron chi connectivity index (χ2n) is 3.93. The molecule has 2 rings (SSSR count).